The molecule has 0 saturated carbocycles. The van der Waals surface area contributed by atoms with Gasteiger partial charge in [0, 0.05) is 5.20 Å². The molecule has 0 radical (unpaired) electrons. The van der Waals surface area contributed by atoms with Crippen molar-refractivity contribution in [2.75, 3.05) is 0 Å². The molecule has 3 heteroatoms. The van der Waals surface area contributed by atoms with E-state index in [1.54, 1.807) is 0 Å². The molecule has 0 saturated heterocycles. The van der Waals surface area contributed by atoms with Crippen molar-refractivity contribution in [1.82, 2.24) is 0 Å². The van der Waals surface area contributed by atoms with Crippen LogP contribution in [0.4, 0.5) is 0 Å². The quantitative estimate of drug-likeness (QED) is 0.498. The minimum Gasteiger partial charge on any atom is -0.478 e. The Bertz CT molecular complexity index is 150. The molecule has 2 nitrogen and oxygen atoms in total. The highest BCUT2D eigenvalue weighted by atomic mass is 28.3. The first-order valence-electron chi connectivity index (χ1n) is 3.53. The average molecular weight is 158 g/mol. The van der Waals surface area contributed by atoms with Crippen molar-refractivity contribution in [3.05, 3.63) is 11.3 Å². The van der Waals surface area contributed by atoms with E-state index < -0.39 is 14.8 Å². The zero-order chi connectivity index (χ0) is 8.15. The summed E-state index contributed by atoms with van der Waals surface area (Å²) in [6, 6.07) is 0. The van der Waals surface area contributed by atoms with Crippen molar-refractivity contribution < 1.29 is 9.90 Å². The van der Waals surface area contributed by atoms with E-state index in [1.165, 1.54) is 0 Å². The van der Waals surface area contributed by atoms with Crippen LogP contribution in [0, 0.1) is 0 Å². The lowest BCUT2D eigenvalue weighted by molar-refractivity contribution is -0.131. The Morgan fingerprint density at radius 2 is 2.10 bits per heavy atom. The van der Waals surface area contributed by atoms with Crippen LogP contribution in [0.5, 0.6) is 0 Å². The summed E-state index contributed by atoms with van der Waals surface area (Å²) in [6.07, 6.45) is 2.64. The zero-order valence-electron chi connectivity index (χ0n) is 6.72. The maximum absolute atomic E-state index is 10.5. The van der Waals surface area contributed by atoms with Crippen molar-refractivity contribution >= 4 is 14.8 Å². The number of aliphatic carboxylic acids is 1. The normalized spacial score (nSPS) is 12.2. The van der Waals surface area contributed by atoms with Crippen LogP contribution in [0.1, 0.15) is 13.3 Å². The highest BCUT2D eigenvalue weighted by Gasteiger charge is 2.10. The number of carbonyl (C=O) groups is 1. The van der Waals surface area contributed by atoms with E-state index in [0.29, 0.717) is 5.20 Å². The molecule has 0 atom stereocenters. The van der Waals surface area contributed by atoms with Gasteiger partial charge in [0.1, 0.15) is 0 Å². The molecule has 0 bridgehead atoms. The van der Waals surface area contributed by atoms with Crippen LogP contribution in [0.3, 0.4) is 0 Å². The summed E-state index contributed by atoms with van der Waals surface area (Å²) in [6.45, 7) is 6.00. The number of hydrogen-bond donors (Lipinski definition) is 1. The van der Waals surface area contributed by atoms with Gasteiger partial charge in [-0.2, -0.15) is 0 Å². The molecule has 0 heterocycles. The summed E-state index contributed by atoms with van der Waals surface area (Å²) in [5.74, 6) is -0.733. The standard InChI is InChI=1S/C7H14O2Si/c1-4-5-6(7(8)9)10(2)3/h5,10H,4H2,1-3H3,(H,8,9). The maximum Gasteiger partial charge on any atom is 0.326 e. The van der Waals surface area contributed by atoms with Gasteiger partial charge in [-0.1, -0.05) is 26.1 Å². The molecular formula is C7H14O2Si. The smallest absolute Gasteiger partial charge is 0.326 e. The zero-order valence-corrected chi connectivity index (χ0v) is 7.87. The molecule has 0 fully saturated rings. The maximum atomic E-state index is 10.5. The molecular weight excluding hydrogens is 144 g/mol. The summed E-state index contributed by atoms with van der Waals surface area (Å²) in [4.78, 5) is 10.5. The van der Waals surface area contributed by atoms with Crippen LogP contribution in [-0.2, 0) is 4.79 Å². The molecule has 0 rings (SSSR count). The third kappa shape index (κ3) is 2.82. The minimum atomic E-state index is -1.10. The van der Waals surface area contributed by atoms with Gasteiger partial charge in [-0.15, -0.1) is 0 Å². The molecule has 0 aromatic carbocycles. The number of allylic oxidation sites excluding steroid dienone is 1. The second-order valence-electron chi connectivity index (χ2n) is 2.53. The fourth-order valence-electron chi connectivity index (χ4n) is 0.790. The van der Waals surface area contributed by atoms with Crippen molar-refractivity contribution in [2.45, 2.75) is 26.4 Å². The average Bonchev–Trinajstić information content (AvgIpc) is 1.81. The van der Waals surface area contributed by atoms with Crippen LogP contribution in [0.25, 0.3) is 0 Å². The van der Waals surface area contributed by atoms with Gasteiger partial charge in [0.25, 0.3) is 0 Å². The largest absolute Gasteiger partial charge is 0.478 e. The van der Waals surface area contributed by atoms with Crippen LogP contribution in [0.15, 0.2) is 11.3 Å². The summed E-state index contributed by atoms with van der Waals surface area (Å²) in [5, 5.41) is 9.30. The highest BCUT2D eigenvalue weighted by Crippen LogP contribution is 2.01. The number of hydrogen-bond acceptors (Lipinski definition) is 1. The van der Waals surface area contributed by atoms with Crippen molar-refractivity contribution in [3.8, 4) is 0 Å². The number of carboxylic acids is 1. The van der Waals surface area contributed by atoms with E-state index in [1.807, 2.05) is 26.1 Å². The van der Waals surface area contributed by atoms with Gasteiger partial charge >= 0.3 is 5.97 Å². The molecule has 0 amide bonds. The third-order valence-electron chi connectivity index (χ3n) is 1.29. The van der Waals surface area contributed by atoms with Gasteiger partial charge in [0.05, 0.1) is 8.80 Å². The Morgan fingerprint density at radius 1 is 1.60 bits per heavy atom. The molecule has 0 aromatic heterocycles. The minimum absolute atomic E-state index is 0.655. The lowest BCUT2D eigenvalue weighted by atomic mass is 10.4. The molecule has 0 unspecified atom stereocenters. The van der Waals surface area contributed by atoms with E-state index in [0.717, 1.165) is 6.42 Å². The van der Waals surface area contributed by atoms with Gasteiger partial charge in [-0.05, 0) is 6.42 Å². The fourth-order valence-corrected chi connectivity index (χ4v) is 1.99. The van der Waals surface area contributed by atoms with Gasteiger partial charge < -0.3 is 5.11 Å². The first kappa shape index (κ1) is 9.43. The van der Waals surface area contributed by atoms with E-state index in [9.17, 15) is 4.79 Å². The van der Waals surface area contributed by atoms with E-state index in [2.05, 4.69) is 0 Å². The van der Waals surface area contributed by atoms with E-state index >= 15 is 0 Å². The second kappa shape index (κ2) is 4.28. The SMILES string of the molecule is CCC=C(C(=O)O)[SiH](C)C. The molecule has 0 aliphatic heterocycles. The molecule has 0 aliphatic rings. The number of rotatable bonds is 3. The summed E-state index contributed by atoms with van der Waals surface area (Å²) in [7, 11) is -1.10. The topological polar surface area (TPSA) is 37.3 Å². The predicted molar refractivity (Wildman–Crippen MR) is 44.9 cm³/mol. The van der Waals surface area contributed by atoms with Gasteiger partial charge in [0.15, 0.2) is 0 Å². The molecule has 0 aromatic rings. The van der Waals surface area contributed by atoms with Crippen molar-refractivity contribution in [2.24, 2.45) is 0 Å². The highest BCUT2D eigenvalue weighted by molar-refractivity contribution is 6.69. The fraction of sp³-hybridized carbons (Fsp3) is 0.571. The van der Waals surface area contributed by atoms with Crippen LogP contribution in [-0.4, -0.2) is 19.9 Å². The monoisotopic (exact) mass is 158 g/mol. The molecule has 58 valence electrons. The molecule has 10 heavy (non-hydrogen) atoms. The molecule has 1 N–H and O–H groups in total. The number of carboxylic acid groups (broad SMARTS) is 1. The van der Waals surface area contributed by atoms with E-state index in [-0.39, 0.29) is 0 Å². The Labute approximate surface area is 63.2 Å². The van der Waals surface area contributed by atoms with Gasteiger partial charge in [-0.25, -0.2) is 4.79 Å². The van der Waals surface area contributed by atoms with Gasteiger partial charge in [0.2, 0.25) is 0 Å². The molecule has 0 spiro atoms. The third-order valence-corrected chi connectivity index (χ3v) is 3.02. The van der Waals surface area contributed by atoms with Crippen molar-refractivity contribution in [3.63, 3.8) is 0 Å². The van der Waals surface area contributed by atoms with Crippen molar-refractivity contribution in [1.29, 1.82) is 0 Å². The Balaban J connectivity index is 4.27. The Kier molecular flexibility index (Phi) is 4.03. The van der Waals surface area contributed by atoms with Crippen LogP contribution in [0.2, 0.25) is 13.1 Å². The first-order valence-corrected chi connectivity index (χ1v) is 6.41. The Hall–Kier alpha value is -0.573. The predicted octanol–water partition coefficient (Wildman–Crippen LogP) is 1.43. The summed E-state index contributed by atoms with van der Waals surface area (Å²) in [5.41, 5.74) is 0. The second-order valence-corrected chi connectivity index (χ2v) is 5.46. The van der Waals surface area contributed by atoms with Crippen LogP contribution < -0.4 is 0 Å². The lowest BCUT2D eigenvalue weighted by Gasteiger charge is -2.02. The molecule has 0 aliphatic carbocycles. The van der Waals surface area contributed by atoms with E-state index in [4.69, 9.17) is 5.11 Å². The van der Waals surface area contributed by atoms with Crippen LogP contribution >= 0.6 is 0 Å². The lowest BCUT2D eigenvalue weighted by Crippen LogP contribution is -2.14. The Morgan fingerprint density at radius 3 is 2.20 bits per heavy atom. The summed E-state index contributed by atoms with van der Waals surface area (Å²) < 4.78 is 0. The van der Waals surface area contributed by atoms with Gasteiger partial charge in [-0.3, -0.25) is 0 Å². The summed E-state index contributed by atoms with van der Waals surface area (Å²) >= 11 is 0. The first-order chi connectivity index (χ1) is 4.59.